The molecule has 0 amide bonds. The molecule has 2 heterocycles. The quantitative estimate of drug-likeness (QED) is 0.770. The number of fused-ring (bicyclic) bond motifs is 1. The van der Waals surface area contributed by atoms with Crippen molar-refractivity contribution in [3.8, 4) is 0 Å². The van der Waals surface area contributed by atoms with E-state index < -0.39 is 5.97 Å². The van der Waals surface area contributed by atoms with Crippen molar-refractivity contribution in [2.75, 3.05) is 6.61 Å². The maximum Gasteiger partial charge on any atom is 0.303 e. The highest BCUT2D eigenvalue weighted by Gasteiger charge is 2.15. The molecular weight excluding hydrogens is 198 g/mol. The van der Waals surface area contributed by atoms with Crippen LogP contribution in [0.4, 0.5) is 0 Å². The van der Waals surface area contributed by atoms with Crippen LogP contribution in [-0.4, -0.2) is 32.4 Å². The lowest BCUT2D eigenvalue weighted by molar-refractivity contribution is -0.137. The molecule has 0 fully saturated rings. The summed E-state index contributed by atoms with van der Waals surface area (Å²) in [4.78, 5) is 10.4. The van der Waals surface area contributed by atoms with Gasteiger partial charge in [0.05, 0.1) is 6.61 Å². The summed E-state index contributed by atoms with van der Waals surface area (Å²) in [5, 5.41) is 16.5. The van der Waals surface area contributed by atoms with Crippen LogP contribution >= 0.6 is 0 Å². The van der Waals surface area contributed by atoms with Crippen molar-refractivity contribution in [2.45, 2.75) is 32.4 Å². The van der Waals surface area contributed by atoms with Crippen LogP contribution in [0.2, 0.25) is 0 Å². The molecule has 0 radical (unpaired) electrons. The molecule has 0 atom stereocenters. The number of aliphatic carboxylic acids is 1. The third-order valence-electron chi connectivity index (χ3n) is 2.39. The van der Waals surface area contributed by atoms with Gasteiger partial charge in [0.2, 0.25) is 0 Å². The molecule has 0 saturated carbocycles. The molecule has 15 heavy (non-hydrogen) atoms. The van der Waals surface area contributed by atoms with Crippen LogP contribution < -0.4 is 0 Å². The lowest BCUT2D eigenvalue weighted by Crippen LogP contribution is -2.18. The topological polar surface area (TPSA) is 77.2 Å². The number of carbonyl (C=O) groups is 1. The third kappa shape index (κ3) is 2.33. The van der Waals surface area contributed by atoms with Crippen LogP contribution in [0.15, 0.2) is 0 Å². The maximum absolute atomic E-state index is 10.4. The largest absolute Gasteiger partial charge is 0.481 e. The zero-order valence-corrected chi connectivity index (χ0v) is 8.35. The molecular formula is C9H13N3O3. The van der Waals surface area contributed by atoms with Gasteiger partial charge in [0.15, 0.2) is 5.82 Å². The van der Waals surface area contributed by atoms with Crippen molar-refractivity contribution in [1.82, 2.24) is 14.8 Å². The molecule has 1 aromatic heterocycles. The first-order valence-electron chi connectivity index (χ1n) is 4.98. The standard InChI is InChI=1S/C9H13N3O3/c13-9(14)3-1-2-7-10-11-8-6-15-5-4-12(7)8/h1-6H2,(H,13,14). The Hall–Kier alpha value is -1.43. The van der Waals surface area contributed by atoms with E-state index in [-0.39, 0.29) is 6.42 Å². The van der Waals surface area contributed by atoms with Crippen molar-refractivity contribution >= 4 is 5.97 Å². The average molecular weight is 211 g/mol. The first-order chi connectivity index (χ1) is 7.27. The smallest absolute Gasteiger partial charge is 0.303 e. The number of rotatable bonds is 4. The van der Waals surface area contributed by atoms with Gasteiger partial charge in [0.1, 0.15) is 12.4 Å². The van der Waals surface area contributed by atoms with E-state index >= 15 is 0 Å². The first kappa shape index (κ1) is 10.1. The molecule has 0 aliphatic carbocycles. The Bertz CT molecular complexity index is 361. The van der Waals surface area contributed by atoms with E-state index in [1.807, 2.05) is 4.57 Å². The van der Waals surface area contributed by atoms with Crippen LogP contribution in [0.25, 0.3) is 0 Å². The molecule has 0 spiro atoms. The van der Waals surface area contributed by atoms with E-state index in [0.717, 1.165) is 18.2 Å². The van der Waals surface area contributed by atoms with Crippen molar-refractivity contribution in [3.63, 3.8) is 0 Å². The number of aryl methyl sites for hydroxylation is 1. The minimum absolute atomic E-state index is 0.179. The van der Waals surface area contributed by atoms with E-state index in [9.17, 15) is 4.79 Å². The lowest BCUT2D eigenvalue weighted by Gasteiger charge is -2.15. The molecule has 6 heteroatoms. The highest BCUT2D eigenvalue weighted by atomic mass is 16.5. The summed E-state index contributed by atoms with van der Waals surface area (Å²) in [7, 11) is 0. The minimum Gasteiger partial charge on any atom is -0.481 e. The number of nitrogens with zero attached hydrogens (tertiary/aromatic N) is 3. The summed E-state index contributed by atoms with van der Waals surface area (Å²) in [6.07, 6.45) is 1.45. The molecule has 1 N–H and O–H groups in total. The Labute approximate surface area is 86.9 Å². The van der Waals surface area contributed by atoms with E-state index in [4.69, 9.17) is 9.84 Å². The van der Waals surface area contributed by atoms with Crippen LogP contribution in [0.5, 0.6) is 0 Å². The molecule has 82 valence electrons. The van der Waals surface area contributed by atoms with E-state index in [2.05, 4.69) is 10.2 Å². The molecule has 0 unspecified atom stereocenters. The van der Waals surface area contributed by atoms with Crippen LogP contribution in [0.3, 0.4) is 0 Å². The molecule has 0 aromatic carbocycles. The second-order valence-electron chi connectivity index (χ2n) is 3.48. The predicted molar refractivity (Wildman–Crippen MR) is 50.3 cm³/mol. The first-order valence-corrected chi connectivity index (χ1v) is 4.98. The zero-order valence-electron chi connectivity index (χ0n) is 8.35. The zero-order chi connectivity index (χ0) is 10.7. The van der Waals surface area contributed by atoms with Crippen LogP contribution in [0, 0.1) is 0 Å². The van der Waals surface area contributed by atoms with Gasteiger partial charge in [-0.2, -0.15) is 0 Å². The molecule has 2 rings (SSSR count). The fraction of sp³-hybridized carbons (Fsp3) is 0.667. The van der Waals surface area contributed by atoms with Gasteiger partial charge >= 0.3 is 5.97 Å². The van der Waals surface area contributed by atoms with Gasteiger partial charge in [0, 0.05) is 19.4 Å². The van der Waals surface area contributed by atoms with Gasteiger partial charge in [-0.25, -0.2) is 0 Å². The summed E-state index contributed by atoms with van der Waals surface area (Å²) < 4.78 is 7.25. The summed E-state index contributed by atoms with van der Waals surface area (Å²) in [6.45, 7) is 1.95. The summed E-state index contributed by atoms with van der Waals surface area (Å²) in [5.74, 6) is 0.942. The SMILES string of the molecule is O=C(O)CCCc1nnc2n1CCOC2. The third-order valence-corrected chi connectivity index (χ3v) is 2.39. The Balaban J connectivity index is 1.96. The molecule has 6 nitrogen and oxygen atoms in total. The average Bonchev–Trinajstić information content (AvgIpc) is 2.62. The highest BCUT2D eigenvalue weighted by molar-refractivity contribution is 5.66. The molecule has 0 bridgehead atoms. The number of aromatic nitrogens is 3. The Kier molecular flexibility index (Phi) is 2.96. The predicted octanol–water partition coefficient (Wildman–Crippen LogP) is 0.216. The van der Waals surface area contributed by atoms with Crippen LogP contribution in [-0.2, 0) is 29.1 Å². The van der Waals surface area contributed by atoms with Crippen LogP contribution in [0.1, 0.15) is 24.5 Å². The minimum atomic E-state index is -0.767. The lowest BCUT2D eigenvalue weighted by atomic mass is 10.2. The van der Waals surface area contributed by atoms with Crippen molar-refractivity contribution in [1.29, 1.82) is 0 Å². The second kappa shape index (κ2) is 4.39. The normalized spacial score (nSPS) is 14.9. The number of carboxylic acid groups (broad SMARTS) is 1. The molecule has 1 aliphatic heterocycles. The van der Waals surface area contributed by atoms with E-state index in [0.29, 0.717) is 26.1 Å². The monoisotopic (exact) mass is 211 g/mol. The van der Waals surface area contributed by atoms with Gasteiger partial charge in [-0.15, -0.1) is 10.2 Å². The number of hydrogen-bond donors (Lipinski definition) is 1. The van der Waals surface area contributed by atoms with E-state index in [1.54, 1.807) is 0 Å². The van der Waals surface area contributed by atoms with Gasteiger partial charge in [-0.3, -0.25) is 4.79 Å². The van der Waals surface area contributed by atoms with Gasteiger partial charge < -0.3 is 14.4 Å². The van der Waals surface area contributed by atoms with Crippen molar-refractivity contribution < 1.29 is 14.6 Å². The van der Waals surface area contributed by atoms with Crippen molar-refractivity contribution in [3.05, 3.63) is 11.6 Å². The summed E-state index contributed by atoms with van der Waals surface area (Å²) in [5.41, 5.74) is 0. The molecule has 0 saturated heterocycles. The number of ether oxygens (including phenoxy) is 1. The highest BCUT2D eigenvalue weighted by Crippen LogP contribution is 2.11. The van der Waals surface area contributed by atoms with E-state index in [1.165, 1.54) is 0 Å². The molecule has 1 aromatic rings. The Morgan fingerprint density at radius 3 is 3.20 bits per heavy atom. The van der Waals surface area contributed by atoms with Gasteiger partial charge in [0.25, 0.3) is 0 Å². The molecule has 1 aliphatic rings. The summed E-state index contributed by atoms with van der Waals surface area (Å²) >= 11 is 0. The fourth-order valence-corrected chi connectivity index (χ4v) is 1.64. The second-order valence-corrected chi connectivity index (χ2v) is 3.48. The van der Waals surface area contributed by atoms with Crippen molar-refractivity contribution in [2.24, 2.45) is 0 Å². The number of carboxylic acids is 1. The summed E-state index contributed by atoms with van der Waals surface area (Å²) in [6, 6.07) is 0. The van der Waals surface area contributed by atoms with Gasteiger partial charge in [-0.05, 0) is 6.42 Å². The number of hydrogen-bond acceptors (Lipinski definition) is 4. The maximum atomic E-state index is 10.4. The Morgan fingerprint density at radius 1 is 1.53 bits per heavy atom. The Morgan fingerprint density at radius 2 is 2.40 bits per heavy atom. The fourth-order valence-electron chi connectivity index (χ4n) is 1.64. The van der Waals surface area contributed by atoms with Gasteiger partial charge in [-0.1, -0.05) is 0 Å².